The van der Waals surface area contributed by atoms with Gasteiger partial charge in [-0.1, -0.05) is 43.3 Å². The first kappa shape index (κ1) is 23.3. The summed E-state index contributed by atoms with van der Waals surface area (Å²) in [6, 6.07) is 14.6. The first-order valence-corrected chi connectivity index (χ1v) is 12.7. The highest BCUT2D eigenvalue weighted by atomic mass is 16.2. The van der Waals surface area contributed by atoms with Crippen LogP contribution < -0.4 is 9.80 Å². The number of aryl methyl sites for hydroxylation is 4. The van der Waals surface area contributed by atoms with E-state index in [0.717, 1.165) is 47.7 Å². The molecule has 2 aliphatic rings. The lowest BCUT2D eigenvalue weighted by atomic mass is 10.0. The molecule has 2 aromatic carbocycles. The minimum absolute atomic E-state index is 0.0530. The molecule has 1 atom stereocenters. The van der Waals surface area contributed by atoms with E-state index in [4.69, 9.17) is 4.98 Å². The summed E-state index contributed by atoms with van der Waals surface area (Å²) in [5, 5.41) is 1.19. The van der Waals surface area contributed by atoms with Crippen molar-refractivity contribution >= 4 is 34.2 Å². The fraction of sp³-hybridized carbons (Fsp3) is 0.414. The third-order valence-electron chi connectivity index (χ3n) is 7.60. The number of benzene rings is 2. The van der Waals surface area contributed by atoms with Crippen molar-refractivity contribution in [3.63, 3.8) is 0 Å². The second kappa shape index (κ2) is 9.33. The molecule has 2 amide bonds. The Morgan fingerprint density at radius 1 is 0.971 bits per heavy atom. The fourth-order valence-corrected chi connectivity index (χ4v) is 5.60. The highest BCUT2D eigenvalue weighted by Gasteiger charge is 2.39. The number of hydrogen-bond acceptors (Lipinski definition) is 4. The van der Waals surface area contributed by atoms with Crippen molar-refractivity contribution in [3.8, 4) is 0 Å². The molecule has 6 heteroatoms. The Kier molecular flexibility index (Phi) is 6.22. The molecule has 6 nitrogen and oxygen atoms in total. The number of carbonyl (C=O) groups is 2. The maximum absolute atomic E-state index is 13.4. The van der Waals surface area contributed by atoms with Gasteiger partial charge in [0.25, 0.3) is 0 Å². The predicted octanol–water partition coefficient (Wildman–Crippen LogP) is 4.42. The molecule has 2 saturated heterocycles. The molecular formula is C29H34N4O2. The summed E-state index contributed by atoms with van der Waals surface area (Å²) in [4.78, 5) is 37.3. The molecule has 182 valence electrons. The van der Waals surface area contributed by atoms with Gasteiger partial charge >= 0.3 is 0 Å². The fourth-order valence-electron chi connectivity index (χ4n) is 5.60. The number of carbonyl (C=O) groups excluding carboxylic acids is 2. The largest absolute Gasteiger partial charge is 0.353 e. The van der Waals surface area contributed by atoms with Crippen molar-refractivity contribution in [2.45, 2.75) is 40.5 Å². The van der Waals surface area contributed by atoms with Gasteiger partial charge in [0.05, 0.1) is 11.4 Å². The van der Waals surface area contributed by atoms with E-state index in [2.05, 4.69) is 56.0 Å². The third-order valence-corrected chi connectivity index (χ3v) is 7.60. The van der Waals surface area contributed by atoms with Crippen LogP contribution in [0.2, 0.25) is 0 Å². The Hall–Kier alpha value is -3.41. The average molecular weight is 471 g/mol. The molecule has 0 N–H and O–H groups in total. The van der Waals surface area contributed by atoms with Crippen LogP contribution in [0, 0.1) is 26.7 Å². The van der Waals surface area contributed by atoms with Crippen molar-refractivity contribution in [2.75, 3.05) is 42.5 Å². The summed E-state index contributed by atoms with van der Waals surface area (Å²) < 4.78 is 0. The van der Waals surface area contributed by atoms with E-state index in [1.807, 2.05) is 28.9 Å². The monoisotopic (exact) mass is 470 g/mol. The maximum Gasteiger partial charge on any atom is 0.228 e. The summed E-state index contributed by atoms with van der Waals surface area (Å²) in [5.74, 6) is 0.857. The van der Waals surface area contributed by atoms with E-state index in [-0.39, 0.29) is 17.7 Å². The van der Waals surface area contributed by atoms with Gasteiger partial charge in [-0.05, 0) is 55.5 Å². The van der Waals surface area contributed by atoms with Crippen molar-refractivity contribution in [2.24, 2.45) is 5.92 Å². The van der Waals surface area contributed by atoms with Crippen LogP contribution in [-0.4, -0.2) is 54.4 Å². The number of hydrogen-bond donors (Lipinski definition) is 0. The molecule has 2 fully saturated rings. The van der Waals surface area contributed by atoms with Crippen LogP contribution in [0.4, 0.5) is 11.5 Å². The van der Waals surface area contributed by atoms with Crippen molar-refractivity contribution in [3.05, 3.63) is 64.7 Å². The molecule has 0 aliphatic carbocycles. The Balaban J connectivity index is 1.27. The zero-order chi connectivity index (χ0) is 24.7. The second-order valence-corrected chi connectivity index (χ2v) is 9.92. The number of nitrogens with zero attached hydrogens (tertiary/aromatic N) is 4. The molecule has 3 aromatic rings. The first-order chi connectivity index (χ1) is 16.9. The van der Waals surface area contributed by atoms with E-state index in [1.165, 1.54) is 16.5 Å². The lowest BCUT2D eigenvalue weighted by Crippen LogP contribution is -2.51. The lowest BCUT2D eigenvalue weighted by Gasteiger charge is -2.36. The molecular weight excluding hydrogens is 436 g/mol. The summed E-state index contributed by atoms with van der Waals surface area (Å²) >= 11 is 0. The van der Waals surface area contributed by atoms with Gasteiger partial charge in [-0.2, -0.15) is 0 Å². The van der Waals surface area contributed by atoms with Crippen LogP contribution in [0.1, 0.15) is 35.6 Å². The van der Waals surface area contributed by atoms with Crippen LogP contribution in [0.25, 0.3) is 10.9 Å². The summed E-state index contributed by atoms with van der Waals surface area (Å²) in [5.41, 5.74) is 6.69. The minimum atomic E-state index is -0.276. The summed E-state index contributed by atoms with van der Waals surface area (Å²) in [6.45, 7) is 11.7. The van der Waals surface area contributed by atoms with E-state index in [1.54, 1.807) is 0 Å². The van der Waals surface area contributed by atoms with Gasteiger partial charge in [0.1, 0.15) is 5.82 Å². The second-order valence-electron chi connectivity index (χ2n) is 9.92. The van der Waals surface area contributed by atoms with Gasteiger partial charge in [-0.25, -0.2) is 4.98 Å². The topological polar surface area (TPSA) is 56.8 Å². The Morgan fingerprint density at radius 2 is 1.69 bits per heavy atom. The SMILES string of the molecule is CCc1cccc(C)c1N1CC(C(=O)N2CCN(c3cc(C)c4cccc(C)c4n3)CC2)CC1=O. The molecule has 0 bridgehead atoms. The maximum atomic E-state index is 13.4. The van der Waals surface area contributed by atoms with Gasteiger partial charge in [-0.15, -0.1) is 0 Å². The van der Waals surface area contributed by atoms with E-state index >= 15 is 0 Å². The van der Waals surface area contributed by atoms with E-state index in [9.17, 15) is 9.59 Å². The number of aromatic nitrogens is 1. The predicted molar refractivity (Wildman–Crippen MR) is 141 cm³/mol. The van der Waals surface area contributed by atoms with E-state index in [0.29, 0.717) is 26.1 Å². The van der Waals surface area contributed by atoms with Gasteiger partial charge < -0.3 is 14.7 Å². The van der Waals surface area contributed by atoms with Gasteiger partial charge in [0.2, 0.25) is 11.8 Å². The molecule has 0 radical (unpaired) electrons. The summed E-state index contributed by atoms with van der Waals surface area (Å²) in [6.07, 6.45) is 1.16. The number of para-hydroxylation sites is 2. The minimum Gasteiger partial charge on any atom is -0.353 e. The van der Waals surface area contributed by atoms with Gasteiger partial charge in [-0.3, -0.25) is 9.59 Å². The van der Waals surface area contributed by atoms with Crippen LogP contribution in [0.15, 0.2) is 42.5 Å². The third kappa shape index (κ3) is 4.26. The quantitative estimate of drug-likeness (QED) is 0.566. The number of anilines is 2. The highest BCUT2D eigenvalue weighted by Crippen LogP contribution is 2.33. The lowest BCUT2D eigenvalue weighted by molar-refractivity contribution is -0.136. The molecule has 35 heavy (non-hydrogen) atoms. The van der Waals surface area contributed by atoms with Crippen LogP contribution in [0.3, 0.4) is 0 Å². The highest BCUT2D eigenvalue weighted by molar-refractivity contribution is 6.01. The number of fused-ring (bicyclic) bond motifs is 1. The van der Waals surface area contributed by atoms with Crippen molar-refractivity contribution in [1.29, 1.82) is 0 Å². The molecule has 1 unspecified atom stereocenters. The van der Waals surface area contributed by atoms with Gasteiger partial charge in [0.15, 0.2) is 0 Å². The van der Waals surface area contributed by atoms with Crippen LogP contribution in [-0.2, 0) is 16.0 Å². The summed E-state index contributed by atoms with van der Waals surface area (Å²) in [7, 11) is 0. The molecule has 0 spiro atoms. The van der Waals surface area contributed by atoms with E-state index < -0.39 is 0 Å². The first-order valence-electron chi connectivity index (χ1n) is 12.7. The molecule has 0 saturated carbocycles. The van der Waals surface area contributed by atoms with Crippen molar-refractivity contribution in [1.82, 2.24) is 9.88 Å². The average Bonchev–Trinajstić information content (AvgIpc) is 3.25. The number of pyridine rings is 1. The Morgan fingerprint density at radius 3 is 2.43 bits per heavy atom. The molecule has 3 heterocycles. The van der Waals surface area contributed by atoms with Gasteiger partial charge in [0, 0.05) is 50.2 Å². The van der Waals surface area contributed by atoms with Crippen LogP contribution in [0.5, 0.6) is 0 Å². The zero-order valence-corrected chi connectivity index (χ0v) is 21.2. The number of amides is 2. The normalized spacial score (nSPS) is 18.6. The standard InChI is InChI=1S/C29H34N4O2/c1-5-22-10-6-9-20(3)28(22)33-18-23(17-26(33)34)29(35)32-14-12-31(13-15-32)25-16-21(4)24-11-7-8-19(2)27(24)30-25/h6-11,16,23H,5,12-15,17-18H2,1-4H3. The Labute approximate surface area is 207 Å². The Bertz CT molecular complexity index is 1290. The number of piperazine rings is 1. The van der Waals surface area contributed by atoms with Crippen LogP contribution >= 0.6 is 0 Å². The molecule has 5 rings (SSSR count). The zero-order valence-electron chi connectivity index (χ0n) is 21.2. The van der Waals surface area contributed by atoms with Crippen molar-refractivity contribution < 1.29 is 9.59 Å². The molecule has 1 aromatic heterocycles. The number of rotatable bonds is 4. The smallest absolute Gasteiger partial charge is 0.228 e. The molecule has 2 aliphatic heterocycles.